The number of carboxylic acid groups (broad SMARTS) is 1. The highest BCUT2D eigenvalue weighted by Crippen LogP contribution is 2.21. The highest BCUT2D eigenvalue weighted by Gasteiger charge is 2.32. The summed E-state index contributed by atoms with van der Waals surface area (Å²) in [5.74, 6) is -2.87. The van der Waals surface area contributed by atoms with Crippen molar-refractivity contribution in [3.05, 3.63) is 35.9 Å². The fraction of sp³-hybridized carbons (Fsp3) is 0.467. The molecule has 0 radical (unpaired) electrons. The van der Waals surface area contributed by atoms with Crippen molar-refractivity contribution in [1.82, 2.24) is 5.32 Å². The van der Waals surface area contributed by atoms with Crippen molar-refractivity contribution >= 4 is 11.9 Å². The van der Waals surface area contributed by atoms with Gasteiger partial charge in [-0.15, -0.1) is 0 Å². The fourth-order valence-corrected chi connectivity index (χ4v) is 1.84. The van der Waals surface area contributed by atoms with Gasteiger partial charge in [-0.25, -0.2) is 0 Å². The van der Waals surface area contributed by atoms with Crippen LogP contribution in [0, 0.1) is 11.8 Å². The molecule has 1 amide bonds. The zero-order chi connectivity index (χ0) is 15.3. The first kappa shape index (κ1) is 16.2. The van der Waals surface area contributed by atoms with Crippen molar-refractivity contribution in [2.45, 2.75) is 26.3 Å². The number of hydrogen-bond acceptors (Lipinski definition) is 3. The molecule has 1 rings (SSSR count). The molecule has 3 unspecified atom stereocenters. The lowest BCUT2D eigenvalue weighted by atomic mass is 9.90. The number of aliphatic hydroxyl groups is 1. The van der Waals surface area contributed by atoms with Gasteiger partial charge in [0.1, 0.15) is 0 Å². The summed E-state index contributed by atoms with van der Waals surface area (Å²) in [7, 11) is 0. The Morgan fingerprint density at radius 3 is 2.20 bits per heavy atom. The van der Waals surface area contributed by atoms with E-state index >= 15 is 0 Å². The third kappa shape index (κ3) is 3.57. The van der Waals surface area contributed by atoms with E-state index in [4.69, 9.17) is 5.11 Å². The number of amides is 1. The summed E-state index contributed by atoms with van der Waals surface area (Å²) < 4.78 is 0. The van der Waals surface area contributed by atoms with Crippen LogP contribution in [0.3, 0.4) is 0 Å². The molecule has 5 heteroatoms. The molecular formula is C15H21NO4. The van der Waals surface area contributed by atoms with Gasteiger partial charge in [-0.2, -0.15) is 0 Å². The Morgan fingerprint density at radius 2 is 1.75 bits per heavy atom. The zero-order valence-electron chi connectivity index (χ0n) is 12.0. The SMILES string of the molecule is CC(C(=O)O)C(C)C(=O)NC(C)(CO)c1ccccc1. The molecule has 1 aromatic rings. The summed E-state index contributed by atoms with van der Waals surface area (Å²) in [5.41, 5.74) is -0.156. The maximum atomic E-state index is 12.2. The van der Waals surface area contributed by atoms with Gasteiger partial charge < -0.3 is 15.5 Å². The molecule has 1 aromatic carbocycles. The maximum absolute atomic E-state index is 12.2. The van der Waals surface area contributed by atoms with Crippen LogP contribution in [-0.2, 0) is 15.1 Å². The number of carbonyl (C=O) groups is 2. The quantitative estimate of drug-likeness (QED) is 0.734. The summed E-state index contributed by atoms with van der Waals surface area (Å²) in [5, 5.41) is 21.3. The predicted octanol–water partition coefficient (Wildman–Crippen LogP) is 1.37. The van der Waals surface area contributed by atoms with E-state index in [2.05, 4.69) is 5.32 Å². The minimum Gasteiger partial charge on any atom is -0.481 e. The van der Waals surface area contributed by atoms with Gasteiger partial charge in [0.05, 0.1) is 18.1 Å². The third-order valence-electron chi connectivity index (χ3n) is 3.68. The number of carbonyl (C=O) groups excluding carboxylic acids is 1. The number of rotatable bonds is 6. The Labute approximate surface area is 118 Å². The van der Waals surface area contributed by atoms with Crippen molar-refractivity contribution in [3.63, 3.8) is 0 Å². The summed E-state index contributed by atoms with van der Waals surface area (Å²) in [6.07, 6.45) is 0. The average molecular weight is 279 g/mol. The number of carboxylic acids is 1. The first-order chi connectivity index (χ1) is 9.31. The van der Waals surface area contributed by atoms with E-state index in [9.17, 15) is 14.7 Å². The summed E-state index contributed by atoms with van der Waals surface area (Å²) in [6, 6.07) is 9.10. The molecule has 110 valence electrons. The minimum absolute atomic E-state index is 0.267. The topological polar surface area (TPSA) is 86.6 Å². The van der Waals surface area contributed by atoms with Gasteiger partial charge in [0, 0.05) is 5.92 Å². The van der Waals surface area contributed by atoms with Crippen molar-refractivity contribution < 1.29 is 19.8 Å². The first-order valence-electron chi connectivity index (χ1n) is 6.53. The van der Waals surface area contributed by atoms with Crippen molar-refractivity contribution in [2.75, 3.05) is 6.61 Å². The average Bonchev–Trinajstić information content (AvgIpc) is 2.46. The van der Waals surface area contributed by atoms with Gasteiger partial charge in [0.25, 0.3) is 0 Å². The van der Waals surface area contributed by atoms with Gasteiger partial charge >= 0.3 is 5.97 Å². The second-order valence-electron chi connectivity index (χ2n) is 5.26. The standard InChI is InChI=1S/C15H21NO4/c1-10(11(2)14(19)20)13(18)16-15(3,9-17)12-7-5-4-6-8-12/h4-8,10-11,17H,9H2,1-3H3,(H,16,18)(H,19,20). The predicted molar refractivity (Wildman–Crippen MR) is 75.0 cm³/mol. The van der Waals surface area contributed by atoms with Gasteiger partial charge in [-0.3, -0.25) is 9.59 Å². The monoisotopic (exact) mass is 279 g/mol. The van der Waals surface area contributed by atoms with Crippen LogP contribution in [0.4, 0.5) is 0 Å². The van der Waals surface area contributed by atoms with Crippen LogP contribution in [0.15, 0.2) is 30.3 Å². The lowest BCUT2D eigenvalue weighted by Crippen LogP contribution is -2.49. The molecule has 20 heavy (non-hydrogen) atoms. The number of benzene rings is 1. The molecule has 0 aliphatic heterocycles. The summed E-state index contributed by atoms with van der Waals surface area (Å²) in [6.45, 7) is 4.50. The lowest BCUT2D eigenvalue weighted by Gasteiger charge is -2.31. The molecule has 0 saturated heterocycles. The van der Waals surface area contributed by atoms with Crippen molar-refractivity contribution in [3.8, 4) is 0 Å². The van der Waals surface area contributed by atoms with E-state index in [-0.39, 0.29) is 12.5 Å². The van der Waals surface area contributed by atoms with Gasteiger partial charge in [0.15, 0.2) is 0 Å². The highest BCUT2D eigenvalue weighted by atomic mass is 16.4. The molecule has 3 N–H and O–H groups in total. The van der Waals surface area contributed by atoms with Crippen LogP contribution in [0.1, 0.15) is 26.3 Å². The number of aliphatic carboxylic acids is 1. The van der Waals surface area contributed by atoms with E-state index in [0.717, 1.165) is 5.56 Å². The molecule has 0 aliphatic carbocycles. The minimum atomic E-state index is -1.02. The van der Waals surface area contributed by atoms with Crippen LogP contribution in [-0.4, -0.2) is 28.7 Å². The molecule has 0 bridgehead atoms. The second kappa shape index (κ2) is 6.52. The summed E-state index contributed by atoms with van der Waals surface area (Å²) >= 11 is 0. The Hall–Kier alpha value is -1.88. The van der Waals surface area contributed by atoms with E-state index in [0.29, 0.717) is 0 Å². The molecule has 3 atom stereocenters. The molecule has 0 saturated carbocycles. The van der Waals surface area contributed by atoms with Gasteiger partial charge in [0.2, 0.25) is 5.91 Å². The summed E-state index contributed by atoms with van der Waals surface area (Å²) in [4.78, 5) is 23.1. The van der Waals surface area contributed by atoms with E-state index in [1.165, 1.54) is 6.92 Å². The second-order valence-corrected chi connectivity index (χ2v) is 5.26. The van der Waals surface area contributed by atoms with Crippen molar-refractivity contribution in [1.29, 1.82) is 0 Å². The van der Waals surface area contributed by atoms with Crippen LogP contribution >= 0.6 is 0 Å². The molecule has 5 nitrogen and oxygen atoms in total. The number of nitrogens with one attached hydrogen (secondary N) is 1. The largest absolute Gasteiger partial charge is 0.481 e. The van der Waals surface area contributed by atoms with E-state index in [1.54, 1.807) is 13.8 Å². The van der Waals surface area contributed by atoms with E-state index < -0.39 is 23.3 Å². The van der Waals surface area contributed by atoms with Crippen LogP contribution in [0.5, 0.6) is 0 Å². The van der Waals surface area contributed by atoms with Gasteiger partial charge in [-0.1, -0.05) is 44.2 Å². The number of hydrogen-bond donors (Lipinski definition) is 3. The first-order valence-corrected chi connectivity index (χ1v) is 6.53. The van der Waals surface area contributed by atoms with Gasteiger partial charge in [-0.05, 0) is 12.5 Å². The Bertz CT molecular complexity index is 474. The molecule has 0 aromatic heterocycles. The maximum Gasteiger partial charge on any atom is 0.307 e. The fourth-order valence-electron chi connectivity index (χ4n) is 1.84. The molecule has 0 fully saturated rings. The molecule has 0 heterocycles. The Morgan fingerprint density at radius 1 is 1.20 bits per heavy atom. The van der Waals surface area contributed by atoms with Crippen molar-refractivity contribution in [2.24, 2.45) is 11.8 Å². The molecule has 0 spiro atoms. The highest BCUT2D eigenvalue weighted by molar-refractivity contribution is 5.84. The Balaban J connectivity index is 2.88. The van der Waals surface area contributed by atoms with Crippen LogP contribution in [0.2, 0.25) is 0 Å². The Kier molecular flexibility index (Phi) is 5.27. The van der Waals surface area contributed by atoms with Crippen LogP contribution in [0.25, 0.3) is 0 Å². The van der Waals surface area contributed by atoms with Crippen LogP contribution < -0.4 is 5.32 Å². The zero-order valence-corrected chi connectivity index (χ0v) is 12.0. The lowest BCUT2D eigenvalue weighted by molar-refractivity contribution is -0.146. The normalized spacial score (nSPS) is 16.8. The number of aliphatic hydroxyl groups excluding tert-OH is 1. The smallest absolute Gasteiger partial charge is 0.307 e. The third-order valence-corrected chi connectivity index (χ3v) is 3.68. The molecular weight excluding hydrogens is 258 g/mol. The molecule has 0 aliphatic rings. The van der Waals surface area contributed by atoms with E-state index in [1.807, 2.05) is 30.3 Å².